The molecular formula is C18H18ClN3O3S. The van der Waals surface area contributed by atoms with Gasteiger partial charge >= 0.3 is 0 Å². The summed E-state index contributed by atoms with van der Waals surface area (Å²) in [5, 5.41) is 12.9. The molecule has 26 heavy (non-hydrogen) atoms. The molecule has 0 radical (unpaired) electrons. The van der Waals surface area contributed by atoms with Crippen LogP contribution in [-0.4, -0.2) is 36.9 Å². The molecule has 0 bridgehead atoms. The van der Waals surface area contributed by atoms with E-state index in [1.54, 1.807) is 52.2 Å². The summed E-state index contributed by atoms with van der Waals surface area (Å²) in [4.78, 5) is 26.5. The Bertz CT molecular complexity index is 886. The molecule has 0 fully saturated rings. The lowest BCUT2D eigenvalue weighted by Gasteiger charge is -2.14. The number of anilines is 1. The number of benzene rings is 1. The van der Waals surface area contributed by atoms with Gasteiger partial charge in [-0.3, -0.25) is 9.59 Å². The zero-order chi connectivity index (χ0) is 19.4. The zero-order valence-corrected chi connectivity index (χ0v) is 16.4. The Balaban J connectivity index is 2.19. The summed E-state index contributed by atoms with van der Waals surface area (Å²) in [6.07, 6.45) is -0.810. The van der Waals surface area contributed by atoms with Crippen molar-refractivity contribution in [3.05, 3.63) is 45.3 Å². The highest BCUT2D eigenvalue weighted by Crippen LogP contribution is 2.33. The molecule has 1 heterocycles. The van der Waals surface area contributed by atoms with Crippen LogP contribution in [0.2, 0.25) is 5.02 Å². The summed E-state index contributed by atoms with van der Waals surface area (Å²) in [6, 6.07) is 8.77. The summed E-state index contributed by atoms with van der Waals surface area (Å²) < 4.78 is 5.58. The van der Waals surface area contributed by atoms with E-state index in [1.807, 2.05) is 6.07 Å². The summed E-state index contributed by atoms with van der Waals surface area (Å²) in [6.45, 7) is 3.28. The number of hydrogen-bond acceptors (Lipinski definition) is 5. The lowest BCUT2D eigenvalue weighted by atomic mass is 10.1. The Hall–Kier alpha value is -2.56. The van der Waals surface area contributed by atoms with Gasteiger partial charge in [0.25, 0.3) is 11.8 Å². The number of nitrogens with one attached hydrogen (secondary N) is 1. The van der Waals surface area contributed by atoms with Crippen LogP contribution in [0.1, 0.15) is 27.7 Å². The van der Waals surface area contributed by atoms with Gasteiger partial charge in [-0.15, -0.1) is 11.3 Å². The topological polar surface area (TPSA) is 82.4 Å². The molecule has 0 saturated heterocycles. The van der Waals surface area contributed by atoms with Gasteiger partial charge in [-0.05, 0) is 37.6 Å². The third-order valence-electron chi connectivity index (χ3n) is 3.57. The van der Waals surface area contributed by atoms with Crippen molar-refractivity contribution in [3.63, 3.8) is 0 Å². The first kappa shape index (κ1) is 19.8. The molecule has 1 N–H and O–H groups in total. The smallest absolute Gasteiger partial charge is 0.265 e. The lowest BCUT2D eigenvalue weighted by molar-refractivity contribution is -0.122. The molecule has 1 aromatic heterocycles. The Morgan fingerprint density at radius 2 is 2.08 bits per heavy atom. The van der Waals surface area contributed by atoms with Crippen molar-refractivity contribution in [2.45, 2.75) is 20.0 Å². The fraction of sp³-hybridized carbons (Fsp3) is 0.278. The van der Waals surface area contributed by atoms with Gasteiger partial charge in [0.05, 0.1) is 10.4 Å². The third-order valence-corrected chi connectivity index (χ3v) is 5.00. The fourth-order valence-electron chi connectivity index (χ4n) is 2.15. The van der Waals surface area contributed by atoms with Crippen LogP contribution in [0.5, 0.6) is 5.75 Å². The van der Waals surface area contributed by atoms with Gasteiger partial charge in [0.2, 0.25) is 0 Å². The van der Waals surface area contributed by atoms with E-state index in [2.05, 4.69) is 5.32 Å². The van der Waals surface area contributed by atoms with E-state index in [0.717, 1.165) is 11.3 Å². The van der Waals surface area contributed by atoms with Crippen LogP contribution in [0.4, 0.5) is 5.00 Å². The number of hydrogen-bond donors (Lipinski definition) is 1. The molecule has 8 heteroatoms. The van der Waals surface area contributed by atoms with Gasteiger partial charge in [0, 0.05) is 19.1 Å². The van der Waals surface area contributed by atoms with Crippen LogP contribution < -0.4 is 10.1 Å². The summed E-state index contributed by atoms with van der Waals surface area (Å²) in [5.74, 6) is -0.175. The standard InChI is InChI=1S/C18H18ClN3O3S/c1-10-14(9-20)17(26-15(10)18(24)22(3)4)21-16(23)11(2)25-13-7-5-6-12(19)8-13/h5-8,11H,1-4H3,(H,21,23)/t11-/m0/s1. The molecule has 0 saturated carbocycles. The molecule has 0 aliphatic rings. The first-order valence-corrected chi connectivity index (χ1v) is 8.92. The van der Waals surface area contributed by atoms with Crippen LogP contribution in [0, 0.1) is 18.3 Å². The van der Waals surface area contributed by atoms with Gasteiger partial charge in [-0.2, -0.15) is 5.26 Å². The Kier molecular flexibility index (Phi) is 6.24. The maximum Gasteiger partial charge on any atom is 0.265 e. The number of nitriles is 1. The first-order valence-electron chi connectivity index (χ1n) is 7.72. The van der Waals surface area contributed by atoms with E-state index >= 15 is 0 Å². The van der Waals surface area contributed by atoms with Crippen molar-refractivity contribution in [2.24, 2.45) is 0 Å². The maximum absolute atomic E-state index is 12.4. The minimum absolute atomic E-state index is 0.215. The molecule has 2 aromatic rings. The predicted molar refractivity (Wildman–Crippen MR) is 102 cm³/mol. The second-order valence-electron chi connectivity index (χ2n) is 5.78. The zero-order valence-electron chi connectivity index (χ0n) is 14.8. The van der Waals surface area contributed by atoms with Gasteiger partial charge < -0.3 is 15.0 Å². The van der Waals surface area contributed by atoms with Crippen molar-refractivity contribution in [3.8, 4) is 11.8 Å². The number of halogens is 1. The molecule has 2 rings (SSSR count). The number of carbonyl (C=O) groups excluding carboxylic acids is 2. The van der Waals surface area contributed by atoms with Crippen molar-refractivity contribution >= 4 is 39.8 Å². The number of carbonyl (C=O) groups is 2. The molecule has 6 nitrogen and oxygen atoms in total. The molecule has 0 spiro atoms. The second kappa shape index (κ2) is 8.21. The maximum atomic E-state index is 12.4. The van der Waals surface area contributed by atoms with Gasteiger partial charge in [0.1, 0.15) is 16.8 Å². The van der Waals surface area contributed by atoms with Gasteiger partial charge in [-0.25, -0.2) is 0 Å². The van der Waals surface area contributed by atoms with Crippen molar-refractivity contribution in [1.82, 2.24) is 4.90 Å². The van der Waals surface area contributed by atoms with Crippen LogP contribution in [0.15, 0.2) is 24.3 Å². The van der Waals surface area contributed by atoms with Crippen molar-refractivity contribution in [1.29, 1.82) is 5.26 Å². The predicted octanol–water partition coefficient (Wildman–Crippen LogP) is 3.69. The average Bonchev–Trinajstić information content (AvgIpc) is 2.89. The van der Waals surface area contributed by atoms with Crippen molar-refractivity contribution < 1.29 is 14.3 Å². The lowest BCUT2D eigenvalue weighted by Crippen LogP contribution is -2.30. The molecule has 1 aromatic carbocycles. The summed E-state index contributed by atoms with van der Waals surface area (Å²) in [7, 11) is 3.26. The first-order chi connectivity index (χ1) is 12.2. The third kappa shape index (κ3) is 4.34. The highest BCUT2D eigenvalue weighted by molar-refractivity contribution is 7.18. The van der Waals surface area contributed by atoms with E-state index in [9.17, 15) is 14.9 Å². The molecule has 0 aliphatic heterocycles. The Morgan fingerprint density at radius 3 is 2.65 bits per heavy atom. The van der Waals surface area contributed by atoms with Crippen LogP contribution >= 0.6 is 22.9 Å². The normalized spacial score (nSPS) is 11.4. The minimum atomic E-state index is -0.810. The summed E-state index contributed by atoms with van der Waals surface area (Å²) in [5.41, 5.74) is 0.832. The molecule has 136 valence electrons. The number of amides is 2. The summed E-state index contributed by atoms with van der Waals surface area (Å²) >= 11 is 6.98. The Labute approximate surface area is 160 Å². The SMILES string of the molecule is Cc1c(C(=O)N(C)C)sc(NC(=O)[C@H](C)Oc2cccc(Cl)c2)c1C#N. The van der Waals surface area contributed by atoms with Crippen LogP contribution in [0.3, 0.4) is 0 Å². The molecule has 2 amide bonds. The number of ether oxygens (including phenoxy) is 1. The van der Waals surface area contributed by atoms with E-state index in [4.69, 9.17) is 16.3 Å². The average molecular weight is 392 g/mol. The van der Waals surface area contributed by atoms with Crippen LogP contribution in [-0.2, 0) is 4.79 Å². The minimum Gasteiger partial charge on any atom is -0.481 e. The Morgan fingerprint density at radius 1 is 1.38 bits per heavy atom. The largest absolute Gasteiger partial charge is 0.481 e. The number of nitrogens with zero attached hydrogens (tertiary/aromatic N) is 2. The van der Waals surface area contributed by atoms with Gasteiger partial charge in [-0.1, -0.05) is 17.7 Å². The number of thiophene rings is 1. The number of rotatable bonds is 5. The van der Waals surface area contributed by atoms with E-state index in [0.29, 0.717) is 26.2 Å². The quantitative estimate of drug-likeness (QED) is 0.842. The van der Waals surface area contributed by atoms with E-state index in [1.165, 1.54) is 4.90 Å². The second-order valence-corrected chi connectivity index (χ2v) is 7.24. The van der Waals surface area contributed by atoms with Crippen LogP contribution in [0.25, 0.3) is 0 Å². The monoisotopic (exact) mass is 391 g/mol. The molecule has 0 unspecified atom stereocenters. The highest BCUT2D eigenvalue weighted by atomic mass is 35.5. The van der Waals surface area contributed by atoms with E-state index in [-0.39, 0.29) is 11.5 Å². The van der Waals surface area contributed by atoms with Crippen molar-refractivity contribution in [2.75, 3.05) is 19.4 Å². The van der Waals surface area contributed by atoms with Gasteiger partial charge in [0.15, 0.2) is 6.10 Å². The molecular weight excluding hydrogens is 374 g/mol. The fourth-order valence-corrected chi connectivity index (χ4v) is 3.52. The molecule has 0 aliphatic carbocycles. The van der Waals surface area contributed by atoms with E-state index < -0.39 is 12.0 Å². The molecule has 1 atom stereocenters. The highest BCUT2D eigenvalue weighted by Gasteiger charge is 2.24.